The van der Waals surface area contributed by atoms with E-state index in [1.807, 2.05) is 49.4 Å². The Balaban J connectivity index is 1.97. The van der Waals surface area contributed by atoms with Gasteiger partial charge in [-0.15, -0.1) is 0 Å². The number of rotatable bonds is 7. The lowest BCUT2D eigenvalue weighted by Crippen LogP contribution is -2.28. The van der Waals surface area contributed by atoms with E-state index in [-0.39, 0.29) is 5.91 Å². The summed E-state index contributed by atoms with van der Waals surface area (Å²) >= 11 is 0. The molecule has 1 N–H and O–H groups in total. The number of ether oxygens (including phenoxy) is 2. The molecule has 0 aliphatic carbocycles. The van der Waals surface area contributed by atoms with Crippen molar-refractivity contribution in [3.8, 4) is 5.75 Å². The van der Waals surface area contributed by atoms with Crippen molar-refractivity contribution in [2.75, 3.05) is 12.4 Å². The van der Waals surface area contributed by atoms with Crippen LogP contribution in [0.4, 0.5) is 5.69 Å². The predicted octanol–water partition coefficient (Wildman–Crippen LogP) is 4.11. The molecule has 0 spiro atoms. The fourth-order valence-electron chi connectivity index (χ4n) is 2.49. The van der Waals surface area contributed by atoms with Gasteiger partial charge in [0, 0.05) is 5.69 Å². The first-order valence-corrected chi connectivity index (χ1v) is 8.19. The fraction of sp³-hybridized carbons (Fsp3) is 0.350. The zero-order valence-electron chi connectivity index (χ0n) is 14.8. The molecule has 0 fully saturated rings. The second-order valence-electron chi connectivity index (χ2n) is 5.76. The van der Waals surface area contributed by atoms with E-state index in [9.17, 15) is 4.79 Å². The Bertz CT molecular complexity index is 697. The highest BCUT2D eigenvalue weighted by Crippen LogP contribution is 2.21. The first-order chi connectivity index (χ1) is 11.5. The zero-order valence-corrected chi connectivity index (χ0v) is 14.8. The number of amides is 1. The molecular weight excluding hydrogens is 302 g/mol. The van der Waals surface area contributed by atoms with Crippen LogP contribution >= 0.6 is 0 Å². The van der Waals surface area contributed by atoms with E-state index in [2.05, 4.69) is 12.2 Å². The SMILES string of the molecule is CCc1cccc(C)c1NC(=O)C(C)OCc1cccc(OC)c1. The molecule has 0 radical (unpaired) electrons. The maximum Gasteiger partial charge on any atom is 0.253 e. The minimum atomic E-state index is -0.541. The molecule has 0 heterocycles. The van der Waals surface area contributed by atoms with Crippen LogP contribution in [-0.2, 0) is 22.6 Å². The Hall–Kier alpha value is -2.33. The number of benzene rings is 2. The molecule has 0 aromatic heterocycles. The van der Waals surface area contributed by atoms with E-state index < -0.39 is 6.10 Å². The number of hydrogen-bond acceptors (Lipinski definition) is 3. The fourth-order valence-corrected chi connectivity index (χ4v) is 2.49. The topological polar surface area (TPSA) is 47.6 Å². The lowest BCUT2D eigenvalue weighted by atomic mass is 10.1. The largest absolute Gasteiger partial charge is 0.497 e. The summed E-state index contributed by atoms with van der Waals surface area (Å²) in [6.45, 7) is 6.20. The average molecular weight is 327 g/mol. The van der Waals surface area contributed by atoms with Crippen molar-refractivity contribution >= 4 is 11.6 Å². The smallest absolute Gasteiger partial charge is 0.253 e. The summed E-state index contributed by atoms with van der Waals surface area (Å²) < 4.78 is 10.9. The molecule has 4 nitrogen and oxygen atoms in total. The summed E-state index contributed by atoms with van der Waals surface area (Å²) in [5, 5.41) is 3.00. The van der Waals surface area contributed by atoms with E-state index in [1.54, 1.807) is 14.0 Å². The van der Waals surface area contributed by atoms with Crippen LogP contribution in [0.3, 0.4) is 0 Å². The van der Waals surface area contributed by atoms with Gasteiger partial charge < -0.3 is 14.8 Å². The summed E-state index contributed by atoms with van der Waals surface area (Å²) in [4.78, 5) is 12.4. The molecule has 0 aliphatic heterocycles. The molecule has 24 heavy (non-hydrogen) atoms. The molecule has 2 aromatic carbocycles. The summed E-state index contributed by atoms with van der Waals surface area (Å²) in [6.07, 6.45) is 0.330. The van der Waals surface area contributed by atoms with Crippen molar-refractivity contribution < 1.29 is 14.3 Å². The number of carbonyl (C=O) groups is 1. The molecule has 4 heteroatoms. The molecule has 1 amide bonds. The Kier molecular flexibility index (Phi) is 6.38. The highest BCUT2D eigenvalue weighted by atomic mass is 16.5. The van der Waals surface area contributed by atoms with Gasteiger partial charge in [0.25, 0.3) is 5.91 Å². The third-order valence-electron chi connectivity index (χ3n) is 3.99. The van der Waals surface area contributed by atoms with Gasteiger partial charge in [-0.1, -0.05) is 37.3 Å². The van der Waals surface area contributed by atoms with Crippen LogP contribution < -0.4 is 10.1 Å². The van der Waals surface area contributed by atoms with E-state index in [1.165, 1.54) is 0 Å². The van der Waals surface area contributed by atoms with E-state index >= 15 is 0 Å². The Labute approximate surface area is 143 Å². The predicted molar refractivity (Wildman–Crippen MR) is 96.4 cm³/mol. The van der Waals surface area contributed by atoms with Gasteiger partial charge in [0.15, 0.2) is 0 Å². The van der Waals surface area contributed by atoms with Crippen molar-refractivity contribution in [3.05, 3.63) is 59.2 Å². The van der Waals surface area contributed by atoms with Gasteiger partial charge in [0.1, 0.15) is 11.9 Å². The summed E-state index contributed by atoms with van der Waals surface area (Å²) in [6, 6.07) is 13.7. The van der Waals surface area contributed by atoms with Crippen LogP contribution in [0.15, 0.2) is 42.5 Å². The van der Waals surface area contributed by atoms with Crippen molar-refractivity contribution in [3.63, 3.8) is 0 Å². The Morgan fingerprint density at radius 1 is 1.21 bits per heavy atom. The lowest BCUT2D eigenvalue weighted by molar-refractivity contribution is -0.127. The first kappa shape index (κ1) is 18.0. The van der Waals surface area contributed by atoms with E-state index in [0.717, 1.165) is 34.5 Å². The number of nitrogens with one attached hydrogen (secondary N) is 1. The van der Waals surface area contributed by atoms with Crippen LogP contribution in [0.1, 0.15) is 30.5 Å². The van der Waals surface area contributed by atoms with Crippen LogP contribution in [0, 0.1) is 6.92 Å². The van der Waals surface area contributed by atoms with Crippen molar-refractivity contribution in [2.45, 2.75) is 39.9 Å². The van der Waals surface area contributed by atoms with Crippen molar-refractivity contribution in [2.24, 2.45) is 0 Å². The summed E-state index contributed by atoms with van der Waals surface area (Å²) in [5.74, 6) is 0.641. The number of aryl methyl sites for hydroxylation is 2. The monoisotopic (exact) mass is 327 g/mol. The average Bonchev–Trinajstić information content (AvgIpc) is 2.61. The number of hydrogen-bond donors (Lipinski definition) is 1. The maximum atomic E-state index is 12.4. The quantitative estimate of drug-likeness (QED) is 0.832. The number of carbonyl (C=O) groups excluding carboxylic acids is 1. The van der Waals surface area contributed by atoms with Gasteiger partial charge in [-0.3, -0.25) is 4.79 Å². The highest BCUT2D eigenvalue weighted by Gasteiger charge is 2.16. The normalized spacial score (nSPS) is 11.8. The van der Waals surface area contributed by atoms with Gasteiger partial charge in [0.05, 0.1) is 13.7 Å². The highest BCUT2D eigenvalue weighted by molar-refractivity contribution is 5.95. The lowest BCUT2D eigenvalue weighted by Gasteiger charge is -2.17. The van der Waals surface area contributed by atoms with Gasteiger partial charge in [-0.25, -0.2) is 0 Å². The molecule has 0 saturated carbocycles. The van der Waals surface area contributed by atoms with Crippen LogP contribution in [0.25, 0.3) is 0 Å². The zero-order chi connectivity index (χ0) is 17.5. The molecule has 1 unspecified atom stereocenters. The second-order valence-corrected chi connectivity index (χ2v) is 5.76. The van der Waals surface area contributed by atoms with Gasteiger partial charge in [0.2, 0.25) is 0 Å². The maximum absolute atomic E-state index is 12.4. The van der Waals surface area contributed by atoms with Crippen molar-refractivity contribution in [1.82, 2.24) is 0 Å². The Morgan fingerprint density at radius 3 is 2.67 bits per heavy atom. The third-order valence-corrected chi connectivity index (χ3v) is 3.99. The first-order valence-electron chi connectivity index (χ1n) is 8.19. The number of anilines is 1. The van der Waals surface area contributed by atoms with Gasteiger partial charge >= 0.3 is 0 Å². The summed E-state index contributed by atoms with van der Waals surface area (Å²) in [7, 11) is 1.63. The number of methoxy groups -OCH3 is 1. The van der Waals surface area contributed by atoms with Gasteiger partial charge in [-0.05, 0) is 49.1 Å². The molecule has 2 rings (SSSR count). The minimum absolute atomic E-state index is 0.137. The molecule has 1 atom stereocenters. The second kappa shape index (κ2) is 8.50. The van der Waals surface area contributed by atoms with Crippen LogP contribution in [0.2, 0.25) is 0 Å². The van der Waals surface area contributed by atoms with Crippen molar-refractivity contribution in [1.29, 1.82) is 0 Å². The Morgan fingerprint density at radius 2 is 1.96 bits per heavy atom. The van der Waals surface area contributed by atoms with E-state index in [4.69, 9.17) is 9.47 Å². The third kappa shape index (κ3) is 4.59. The molecule has 0 bridgehead atoms. The molecular formula is C20H25NO3. The van der Waals surface area contributed by atoms with Gasteiger partial charge in [-0.2, -0.15) is 0 Å². The minimum Gasteiger partial charge on any atom is -0.497 e. The molecule has 0 aliphatic rings. The summed E-state index contributed by atoms with van der Waals surface area (Å²) in [5.41, 5.74) is 4.05. The molecule has 0 saturated heterocycles. The standard InChI is InChI=1S/C20H25NO3/c1-5-17-10-6-8-14(2)19(17)21-20(22)15(3)24-13-16-9-7-11-18(12-16)23-4/h6-12,15H,5,13H2,1-4H3,(H,21,22). The molecule has 2 aromatic rings. The van der Waals surface area contributed by atoms with Crippen LogP contribution in [0.5, 0.6) is 5.75 Å². The van der Waals surface area contributed by atoms with Crippen LogP contribution in [-0.4, -0.2) is 19.1 Å². The van der Waals surface area contributed by atoms with E-state index in [0.29, 0.717) is 6.61 Å². The number of para-hydroxylation sites is 1. The molecule has 128 valence electrons.